The van der Waals surface area contributed by atoms with Crippen molar-refractivity contribution >= 4 is 39.3 Å². The van der Waals surface area contributed by atoms with Crippen LogP contribution in [0.1, 0.15) is 5.56 Å². The van der Waals surface area contributed by atoms with Crippen molar-refractivity contribution in [1.29, 1.82) is 0 Å². The molecule has 0 radical (unpaired) electrons. The van der Waals surface area contributed by atoms with Gasteiger partial charge in [0.05, 0.1) is 19.9 Å². The van der Waals surface area contributed by atoms with Gasteiger partial charge in [-0.05, 0) is 42.0 Å². The van der Waals surface area contributed by atoms with Gasteiger partial charge in [-0.2, -0.15) is 10.1 Å². The molecular weight excluding hydrogens is 520 g/mol. The zero-order valence-electron chi connectivity index (χ0n) is 18.9. The number of aromatic amines is 1. The number of ether oxygens (including phenoxy) is 2. The first kappa shape index (κ1) is 24.2. The third kappa shape index (κ3) is 5.61. The number of aromatic nitrogens is 4. The van der Waals surface area contributed by atoms with Gasteiger partial charge in [-0.1, -0.05) is 28.1 Å². The molecule has 11 nitrogen and oxygen atoms in total. The Morgan fingerprint density at radius 2 is 1.97 bits per heavy atom. The van der Waals surface area contributed by atoms with Crippen molar-refractivity contribution in [2.24, 2.45) is 12.1 Å². The van der Waals surface area contributed by atoms with E-state index in [1.165, 1.54) is 16.2 Å². The lowest BCUT2D eigenvalue weighted by molar-refractivity contribution is 0.0938. The summed E-state index contributed by atoms with van der Waals surface area (Å²) in [5.41, 5.74) is 2.69. The van der Waals surface area contributed by atoms with Gasteiger partial charge in [0, 0.05) is 11.5 Å². The van der Waals surface area contributed by atoms with Crippen molar-refractivity contribution in [3.8, 4) is 11.5 Å². The van der Waals surface area contributed by atoms with Gasteiger partial charge in [0.25, 0.3) is 5.56 Å². The average Bonchev–Trinajstić information content (AvgIpc) is 3.20. The number of aryl methyl sites for hydroxylation is 1. The SMILES string of the molecule is COc1ccc(OC[C@@H](O)Cn2c(N/N=C\c3cccc(Br)c3)nc3c2c(=O)[nH]c(=O)n3C)cc1. The predicted molar refractivity (Wildman–Crippen MR) is 135 cm³/mol. The van der Waals surface area contributed by atoms with Crippen LogP contribution in [0, 0.1) is 0 Å². The summed E-state index contributed by atoms with van der Waals surface area (Å²) >= 11 is 3.41. The summed E-state index contributed by atoms with van der Waals surface area (Å²) in [4.78, 5) is 31.3. The molecule has 0 aliphatic heterocycles. The first-order valence-electron chi connectivity index (χ1n) is 10.5. The number of hydrogen-bond donors (Lipinski definition) is 3. The molecule has 0 bridgehead atoms. The van der Waals surface area contributed by atoms with Crippen LogP contribution in [-0.4, -0.2) is 50.2 Å². The quantitative estimate of drug-likeness (QED) is 0.217. The topological polar surface area (TPSA) is 136 Å². The summed E-state index contributed by atoms with van der Waals surface area (Å²) in [6.07, 6.45) is 0.585. The zero-order chi connectivity index (χ0) is 24.9. The third-order valence-electron chi connectivity index (χ3n) is 5.13. The molecule has 2 heterocycles. The molecule has 2 aromatic heterocycles. The molecule has 0 amide bonds. The minimum Gasteiger partial charge on any atom is -0.497 e. The van der Waals surface area contributed by atoms with Crippen LogP contribution in [-0.2, 0) is 13.6 Å². The summed E-state index contributed by atoms with van der Waals surface area (Å²) in [5, 5.41) is 14.9. The Labute approximate surface area is 207 Å². The van der Waals surface area contributed by atoms with Crippen LogP contribution in [0.3, 0.4) is 0 Å². The summed E-state index contributed by atoms with van der Waals surface area (Å²) in [6, 6.07) is 14.5. The molecule has 4 aromatic rings. The predicted octanol–water partition coefficient (Wildman–Crippen LogP) is 2.08. The number of halogens is 1. The van der Waals surface area contributed by atoms with E-state index in [1.54, 1.807) is 37.6 Å². The van der Waals surface area contributed by atoms with Gasteiger partial charge in [0.2, 0.25) is 5.95 Å². The van der Waals surface area contributed by atoms with Crippen LogP contribution in [0.4, 0.5) is 5.95 Å². The van der Waals surface area contributed by atoms with Gasteiger partial charge >= 0.3 is 5.69 Å². The number of methoxy groups -OCH3 is 1. The molecule has 0 unspecified atom stereocenters. The minimum absolute atomic E-state index is 0.0390. The molecule has 0 fully saturated rings. The lowest BCUT2D eigenvalue weighted by Crippen LogP contribution is -2.30. The fourth-order valence-electron chi connectivity index (χ4n) is 3.38. The molecule has 0 saturated heterocycles. The maximum absolute atomic E-state index is 12.6. The zero-order valence-corrected chi connectivity index (χ0v) is 20.5. The Hall–Kier alpha value is -3.90. The molecule has 3 N–H and O–H groups in total. The summed E-state index contributed by atoms with van der Waals surface area (Å²) < 4.78 is 14.4. The fourth-order valence-corrected chi connectivity index (χ4v) is 3.79. The molecule has 35 heavy (non-hydrogen) atoms. The second-order valence-corrected chi connectivity index (χ2v) is 8.52. The van der Waals surface area contributed by atoms with Crippen molar-refractivity contribution in [3.63, 3.8) is 0 Å². The Morgan fingerprint density at radius 1 is 1.23 bits per heavy atom. The summed E-state index contributed by atoms with van der Waals surface area (Å²) in [7, 11) is 3.07. The van der Waals surface area contributed by atoms with Gasteiger partial charge < -0.3 is 19.1 Å². The maximum Gasteiger partial charge on any atom is 0.329 e. The number of hydrogen-bond acceptors (Lipinski definition) is 8. The summed E-state index contributed by atoms with van der Waals surface area (Å²) in [6.45, 7) is -0.0842. The second kappa shape index (κ2) is 10.6. The van der Waals surface area contributed by atoms with Crippen LogP contribution < -0.4 is 26.1 Å². The number of hydrazone groups is 1. The van der Waals surface area contributed by atoms with E-state index in [-0.39, 0.29) is 30.3 Å². The Kier molecular flexibility index (Phi) is 7.32. The molecule has 0 aliphatic carbocycles. The van der Waals surface area contributed by atoms with E-state index in [2.05, 4.69) is 36.4 Å². The molecule has 2 aromatic carbocycles. The normalized spacial score (nSPS) is 12.2. The van der Waals surface area contributed by atoms with E-state index in [4.69, 9.17) is 9.47 Å². The molecule has 0 saturated carbocycles. The Morgan fingerprint density at radius 3 is 2.69 bits per heavy atom. The number of aliphatic hydroxyl groups excluding tert-OH is 1. The molecule has 1 atom stereocenters. The molecule has 0 spiro atoms. The molecular formula is C23H23BrN6O5. The van der Waals surface area contributed by atoms with E-state index in [0.29, 0.717) is 11.5 Å². The van der Waals surface area contributed by atoms with Crippen molar-refractivity contribution in [2.45, 2.75) is 12.6 Å². The van der Waals surface area contributed by atoms with E-state index < -0.39 is 17.4 Å². The molecule has 0 aliphatic rings. The molecule has 4 rings (SSSR count). The highest BCUT2D eigenvalue weighted by Gasteiger charge is 2.20. The number of aliphatic hydroxyl groups is 1. The Balaban J connectivity index is 1.59. The second-order valence-electron chi connectivity index (χ2n) is 7.60. The number of H-pyrrole nitrogens is 1. The van der Waals surface area contributed by atoms with Crippen LogP contribution >= 0.6 is 15.9 Å². The number of anilines is 1. The van der Waals surface area contributed by atoms with Gasteiger partial charge in [-0.15, -0.1) is 0 Å². The third-order valence-corrected chi connectivity index (χ3v) is 5.62. The van der Waals surface area contributed by atoms with Crippen molar-refractivity contribution < 1.29 is 14.6 Å². The highest BCUT2D eigenvalue weighted by Crippen LogP contribution is 2.19. The van der Waals surface area contributed by atoms with Gasteiger partial charge in [-0.25, -0.2) is 10.2 Å². The molecule has 12 heteroatoms. The average molecular weight is 543 g/mol. The molecule has 182 valence electrons. The van der Waals surface area contributed by atoms with Crippen LogP contribution in [0.2, 0.25) is 0 Å². The van der Waals surface area contributed by atoms with Crippen molar-refractivity contribution in [3.05, 3.63) is 79.4 Å². The smallest absolute Gasteiger partial charge is 0.329 e. The van der Waals surface area contributed by atoms with Crippen molar-refractivity contribution in [1.82, 2.24) is 19.1 Å². The fraction of sp³-hybridized carbons (Fsp3) is 0.217. The Bertz CT molecular complexity index is 1470. The van der Waals surface area contributed by atoms with Crippen LogP contribution in [0.15, 0.2) is 67.7 Å². The number of benzene rings is 2. The van der Waals surface area contributed by atoms with E-state index in [9.17, 15) is 14.7 Å². The lowest BCUT2D eigenvalue weighted by atomic mass is 10.2. The van der Waals surface area contributed by atoms with Crippen LogP contribution in [0.5, 0.6) is 11.5 Å². The number of nitrogens with one attached hydrogen (secondary N) is 2. The van der Waals surface area contributed by atoms with Crippen LogP contribution in [0.25, 0.3) is 11.2 Å². The lowest BCUT2D eigenvalue weighted by Gasteiger charge is -2.15. The van der Waals surface area contributed by atoms with E-state index in [0.717, 1.165) is 10.0 Å². The number of nitrogens with zero attached hydrogens (tertiary/aromatic N) is 4. The highest BCUT2D eigenvalue weighted by atomic mass is 79.9. The first-order valence-corrected chi connectivity index (χ1v) is 11.3. The van der Waals surface area contributed by atoms with Crippen molar-refractivity contribution in [2.75, 3.05) is 19.1 Å². The van der Waals surface area contributed by atoms with Gasteiger partial charge in [0.1, 0.15) is 24.2 Å². The number of fused-ring (bicyclic) bond motifs is 1. The standard InChI is InChI=1S/C23H23BrN6O5/c1-29-20-19(21(32)27-23(29)33)30(12-16(31)13-35-18-8-6-17(34-2)7-9-18)22(26-20)28-25-11-14-4-3-5-15(24)10-14/h3-11,16,31H,12-13H2,1-2H3,(H,26,28)(H,27,32,33)/b25-11-/t16-/m0/s1. The first-order chi connectivity index (χ1) is 16.9. The monoisotopic (exact) mass is 542 g/mol. The van der Waals surface area contributed by atoms with Gasteiger partial charge in [0.15, 0.2) is 11.2 Å². The minimum atomic E-state index is -0.999. The largest absolute Gasteiger partial charge is 0.497 e. The number of imidazole rings is 1. The summed E-state index contributed by atoms with van der Waals surface area (Å²) in [5.74, 6) is 1.42. The van der Waals surface area contributed by atoms with E-state index >= 15 is 0 Å². The number of rotatable bonds is 9. The van der Waals surface area contributed by atoms with E-state index in [1.807, 2.05) is 24.3 Å². The van der Waals surface area contributed by atoms with Gasteiger partial charge in [-0.3, -0.25) is 14.3 Å². The maximum atomic E-state index is 12.6. The highest BCUT2D eigenvalue weighted by molar-refractivity contribution is 9.10.